The average molecular weight is 222 g/mol. The largest absolute Gasteiger partial charge is 0.308 e. The first-order valence-electron chi connectivity index (χ1n) is 6.90. The third kappa shape index (κ3) is 2.49. The Hall–Kier alpha value is -0.340. The zero-order chi connectivity index (χ0) is 11.4. The van der Waals surface area contributed by atoms with Crippen LogP contribution in [-0.2, 0) is 0 Å². The van der Waals surface area contributed by atoms with Crippen molar-refractivity contribution in [1.82, 2.24) is 10.2 Å². The number of rotatable bonds is 3. The molecule has 1 saturated heterocycles. The monoisotopic (exact) mass is 222 g/mol. The number of piperazine rings is 1. The van der Waals surface area contributed by atoms with Gasteiger partial charge in [0.1, 0.15) is 0 Å². The summed E-state index contributed by atoms with van der Waals surface area (Å²) in [5, 5.41) is 3.84. The molecule has 16 heavy (non-hydrogen) atoms. The van der Waals surface area contributed by atoms with Crippen molar-refractivity contribution in [3.8, 4) is 0 Å². The summed E-state index contributed by atoms with van der Waals surface area (Å²) in [6.07, 6.45) is 11.3. The van der Waals surface area contributed by atoms with E-state index in [9.17, 15) is 0 Å². The molecule has 0 aromatic carbocycles. The molecule has 1 spiro atoms. The minimum absolute atomic E-state index is 0.466. The Labute approximate surface area is 100 Å². The summed E-state index contributed by atoms with van der Waals surface area (Å²) in [4.78, 5) is 2.68. The van der Waals surface area contributed by atoms with Crippen LogP contribution in [0.25, 0.3) is 0 Å². The van der Waals surface area contributed by atoms with Crippen LogP contribution in [0.5, 0.6) is 0 Å². The van der Waals surface area contributed by atoms with Crippen molar-refractivity contribution in [2.24, 2.45) is 0 Å². The molecule has 0 bridgehead atoms. The molecular formula is C14H26N2. The minimum atomic E-state index is 0.466. The van der Waals surface area contributed by atoms with Crippen molar-refractivity contribution >= 4 is 0 Å². The first kappa shape index (κ1) is 12.1. The number of nitrogens with zero attached hydrogens (tertiary/aromatic N) is 1. The smallest absolute Gasteiger partial charge is 0.0309 e. The van der Waals surface area contributed by atoms with Gasteiger partial charge in [0.2, 0.25) is 0 Å². The van der Waals surface area contributed by atoms with Gasteiger partial charge in [-0.25, -0.2) is 0 Å². The quantitative estimate of drug-likeness (QED) is 0.738. The number of hydrogen-bond donors (Lipinski definition) is 1. The average Bonchev–Trinajstić information content (AvgIpc) is 2.75. The van der Waals surface area contributed by atoms with Gasteiger partial charge in [-0.2, -0.15) is 0 Å². The van der Waals surface area contributed by atoms with Crippen molar-refractivity contribution in [1.29, 1.82) is 0 Å². The van der Waals surface area contributed by atoms with Crippen molar-refractivity contribution in [3.05, 3.63) is 12.2 Å². The van der Waals surface area contributed by atoms with Crippen LogP contribution in [0.1, 0.15) is 46.0 Å². The van der Waals surface area contributed by atoms with Gasteiger partial charge in [-0.1, -0.05) is 31.9 Å². The molecule has 92 valence electrons. The molecule has 2 nitrogen and oxygen atoms in total. The van der Waals surface area contributed by atoms with E-state index in [-0.39, 0.29) is 0 Å². The zero-order valence-corrected chi connectivity index (χ0v) is 10.8. The van der Waals surface area contributed by atoms with Crippen LogP contribution < -0.4 is 5.32 Å². The van der Waals surface area contributed by atoms with Gasteiger partial charge < -0.3 is 5.32 Å². The Balaban J connectivity index is 1.99. The lowest BCUT2D eigenvalue weighted by molar-refractivity contribution is 0.0892. The second-order valence-electron chi connectivity index (χ2n) is 5.43. The van der Waals surface area contributed by atoms with Crippen molar-refractivity contribution in [2.75, 3.05) is 19.6 Å². The molecule has 2 aliphatic rings. The van der Waals surface area contributed by atoms with Gasteiger partial charge in [-0.15, -0.1) is 0 Å². The SMILES string of the molecule is C/C=C/CN1CC2(CCCC2)NCC1CC. The highest BCUT2D eigenvalue weighted by Crippen LogP contribution is 2.33. The van der Waals surface area contributed by atoms with E-state index in [0.29, 0.717) is 5.54 Å². The molecule has 1 saturated carbocycles. The van der Waals surface area contributed by atoms with Gasteiger partial charge in [0, 0.05) is 31.2 Å². The molecule has 1 N–H and O–H groups in total. The third-order valence-electron chi connectivity index (χ3n) is 4.34. The van der Waals surface area contributed by atoms with Crippen molar-refractivity contribution < 1.29 is 0 Å². The molecule has 2 heteroatoms. The van der Waals surface area contributed by atoms with Gasteiger partial charge in [0.25, 0.3) is 0 Å². The van der Waals surface area contributed by atoms with Crippen LogP contribution in [0.2, 0.25) is 0 Å². The molecule has 0 aromatic rings. The Kier molecular flexibility index (Phi) is 4.04. The first-order chi connectivity index (χ1) is 7.79. The first-order valence-corrected chi connectivity index (χ1v) is 6.90. The minimum Gasteiger partial charge on any atom is -0.308 e. The zero-order valence-electron chi connectivity index (χ0n) is 10.8. The summed E-state index contributed by atoms with van der Waals surface area (Å²) in [6, 6.07) is 0.738. The van der Waals surface area contributed by atoms with Gasteiger partial charge in [-0.3, -0.25) is 4.90 Å². The van der Waals surface area contributed by atoms with Crippen LogP contribution in [-0.4, -0.2) is 36.1 Å². The number of allylic oxidation sites excluding steroid dienone is 1. The van der Waals surface area contributed by atoms with Gasteiger partial charge in [-0.05, 0) is 26.2 Å². The summed E-state index contributed by atoms with van der Waals surface area (Å²) in [7, 11) is 0. The van der Waals surface area contributed by atoms with Gasteiger partial charge in [0.05, 0.1) is 0 Å². The Morgan fingerprint density at radius 2 is 2.12 bits per heavy atom. The molecule has 1 unspecified atom stereocenters. The second-order valence-corrected chi connectivity index (χ2v) is 5.43. The maximum atomic E-state index is 3.84. The molecule has 0 radical (unpaired) electrons. The van der Waals surface area contributed by atoms with E-state index in [1.807, 2.05) is 0 Å². The summed E-state index contributed by atoms with van der Waals surface area (Å²) in [5.74, 6) is 0. The van der Waals surface area contributed by atoms with E-state index in [4.69, 9.17) is 0 Å². The topological polar surface area (TPSA) is 15.3 Å². The van der Waals surface area contributed by atoms with Crippen LogP contribution in [0.3, 0.4) is 0 Å². The Bertz CT molecular complexity index is 241. The van der Waals surface area contributed by atoms with Gasteiger partial charge >= 0.3 is 0 Å². The van der Waals surface area contributed by atoms with E-state index in [0.717, 1.165) is 12.6 Å². The normalized spacial score (nSPS) is 30.5. The summed E-state index contributed by atoms with van der Waals surface area (Å²) in [6.45, 7) is 8.01. The molecule has 1 heterocycles. The third-order valence-corrected chi connectivity index (χ3v) is 4.34. The maximum Gasteiger partial charge on any atom is 0.0309 e. The van der Waals surface area contributed by atoms with Crippen LogP contribution in [0.15, 0.2) is 12.2 Å². The second kappa shape index (κ2) is 5.33. The molecule has 1 atom stereocenters. The lowest BCUT2D eigenvalue weighted by atomic mass is 9.91. The molecule has 2 fully saturated rings. The lowest BCUT2D eigenvalue weighted by Crippen LogP contribution is -2.62. The molecule has 0 aromatic heterocycles. The Morgan fingerprint density at radius 3 is 2.75 bits per heavy atom. The van der Waals surface area contributed by atoms with Crippen LogP contribution in [0, 0.1) is 0 Å². The highest BCUT2D eigenvalue weighted by Gasteiger charge is 2.39. The van der Waals surface area contributed by atoms with E-state index in [2.05, 4.69) is 36.2 Å². The molecule has 1 aliphatic heterocycles. The van der Waals surface area contributed by atoms with E-state index < -0.39 is 0 Å². The van der Waals surface area contributed by atoms with Gasteiger partial charge in [0.15, 0.2) is 0 Å². The maximum absolute atomic E-state index is 3.84. The summed E-state index contributed by atoms with van der Waals surface area (Å²) >= 11 is 0. The fourth-order valence-corrected chi connectivity index (χ4v) is 3.28. The fraction of sp³-hybridized carbons (Fsp3) is 0.857. The summed E-state index contributed by atoms with van der Waals surface area (Å²) in [5.41, 5.74) is 0.466. The molecule has 0 amide bonds. The summed E-state index contributed by atoms with van der Waals surface area (Å²) < 4.78 is 0. The van der Waals surface area contributed by atoms with Crippen LogP contribution in [0.4, 0.5) is 0 Å². The fourth-order valence-electron chi connectivity index (χ4n) is 3.28. The van der Waals surface area contributed by atoms with E-state index >= 15 is 0 Å². The predicted octanol–water partition coefficient (Wildman–Crippen LogP) is 2.56. The molecule has 2 rings (SSSR count). The highest BCUT2D eigenvalue weighted by atomic mass is 15.3. The highest BCUT2D eigenvalue weighted by molar-refractivity contribution is 5.02. The number of nitrogens with one attached hydrogen (secondary N) is 1. The standard InChI is InChI=1S/C14H26N2/c1-3-5-10-16-12-14(8-6-7-9-14)15-11-13(16)4-2/h3,5,13,15H,4,6-12H2,1-2H3/b5-3+. The predicted molar refractivity (Wildman–Crippen MR) is 69.7 cm³/mol. The number of hydrogen-bond acceptors (Lipinski definition) is 2. The lowest BCUT2D eigenvalue weighted by Gasteiger charge is -2.46. The molecule has 1 aliphatic carbocycles. The van der Waals surface area contributed by atoms with E-state index in [1.54, 1.807) is 0 Å². The van der Waals surface area contributed by atoms with Crippen molar-refractivity contribution in [3.63, 3.8) is 0 Å². The Morgan fingerprint density at radius 1 is 1.38 bits per heavy atom. The molecular weight excluding hydrogens is 196 g/mol. The van der Waals surface area contributed by atoms with Crippen LogP contribution >= 0.6 is 0 Å². The van der Waals surface area contributed by atoms with E-state index in [1.165, 1.54) is 45.2 Å². The van der Waals surface area contributed by atoms with Crippen molar-refractivity contribution in [2.45, 2.75) is 57.5 Å².